The SMILES string of the molecule is COc1ccc(-n2c(CCn3ncc4ccccc4c3=O)n[nH]c2=S)cc1. The van der Waals surface area contributed by atoms with E-state index >= 15 is 0 Å². The van der Waals surface area contributed by atoms with Gasteiger partial charge in [0.25, 0.3) is 5.56 Å². The standard InChI is InChI=1S/C19H17N5O2S/c1-26-15-8-6-14(7-9-15)24-17(21-22-19(24)27)10-11-23-18(25)16-5-3-2-4-13(16)12-20-23/h2-9,12H,10-11H2,1H3,(H,22,27). The van der Waals surface area contributed by atoms with Crippen molar-refractivity contribution < 1.29 is 4.74 Å². The molecule has 2 heterocycles. The number of benzene rings is 2. The summed E-state index contributed by atoms with van der Waals surface area (Å²) < 4.78 is 8.99. The first-order valence-corrected chi connectivity index (χ1v) is 8.84. The molecular formula is C19H17N5O2S. The molecule has 0 saturated heterocycles. The highest BCUT2D eigenvalue weighted by Gasteiger charge is 2.10. The van der Waals surface area contributed by atoms with Crippen LogP contribution < -0.4 is 10.3 Å². The molecule has 0 bridgehead atoms. The number of methoxy groups -OCH3 is 1. The highest BCUT2D eigenvalue weighted by Crippen LogP contribution is 2.17. The number of aromatic amines is 1. The van der Waals surface area contributed by atoms with Crippen LogP contribution in [0.2, 0.25) is 0 Å². The van der Waals surface area contributed by atoms with Gasteiger partial charge in [-0.05, 0) is 42.5 Å². The predicted molar refractivity (Wildman–Crippen MR) is 105 cm³/mol. The summed E-state index contributed by atoms with van der Waals surface area (Å²) >= 11 is 5.37. The zero-order valence-electron chi connectivity index (χ0n) is 14.6. The molecule has 2 aromatic carbocycles. The molecule has 0 aliphatic rings. The fourth-order valence-electron chi connectivity index (χ4n) is 2.99. The third-order valence-electron chi connectivity index (χ3n) is 4.38. The van der Waals surface area contributed by atoms with E-state index in [4.69, 9.17) is 17.0 Å². The third kappa shape index (κ3) is 3.26. The largest absolute Gasteiger partial charge is 0.497 e. The van der Waals surface area contributed by atoms with Crippen LogP contribution in [0.5, 0.6) is 5.75 Å². The average Bonchev–Trinajstić information content (AvgIpc) is 3.08. The molecule has 0 aliphatic heterocycles. The van der Waals surface area contributed by atoms with Gasteiger partial charge in [-0.2, -0.15) is 10.2 Å². The number of aromatic nitrogens is 5. The van der Waals surface area contributed by atoms with Gasteiger partial charge in [0.15, 0.2) is 4.77 Å². The minimum atomic E-state index is -0.113. The van der Waals surface area contributed by atoms with Gasteiger partial charge in [0.2, 0.25) is 0 Å². The van der Waals surface area contributed by atoms with Crippen molar-refractivity contribution in [2.75, 3.05) is 7.11 Å². The Hall–Kier alpha value is -3.26. The van der Waals surface area contributed by atoms with Crippen LogP contribution >= 0.6 is 12.2 Å². The average molecular weight is 379 g/mol. The molecule has 0 amide bonds. The molecule has 0 aliphatic carbocycles. The zero-order valence-corrected chi connectivity index (χ0v) is 15.4. The highest BCUT2D eigenvalue weighted by molar-refractivity contribution is 7.71. The highest BCUT2D eigenvalue weighted by atomic mass is 32.1. The van der Waals surface area contributed by atoms with Crippen molar-refractivity contribution in [3.05, 3.63) is 75.7 Å². The molecule has 4 rings (SSSR count). The second kappa shape index (κ2) is 7.16. The summed E-state index contributed by atoms with van der Waals surface area (Å²) in [7, 11) is 1.62. The molecule has 2 aromatic heterocycles. The molecule has 136 valence electrons. The first-order valence-electron chi connectivity index (χ1n) is 8.43. The topological polar surface area (TPSA) is 77.7 Å². The number of nitrogens with one attached hydrogen (secondary N) is 1. The van der Waals surface area contributed by atoms with Crippen LogP contribution in [0.4, 0.5) is 0 Å². The summed E-state index contributed by atoms with van der Waals surface area (Å²) in [5, 5.41) is 12.9. The number of aryl methyl sites for hydroxylation is 2. The molecule has 0 radical (unpaired) electrons. The summed E-state index contributed by atoms with van der Waals surface area (Å²) in [5.74, 6) is 1.49. The first kappa shape index (κ1) is 17.2. The minimum Gasteiger partial charge on any atom is -0.497 e. The predicted octanol–water partition coefficient (Wildman–Crippen LogP) is 2.89. The van der Waals surface area contributed by atoms with Gasteiger partial charge < -0.3 is 4.74 Å². The molecule has 0 fully saturated rings. The Labute approximate surface area is 159 Å². The van der Waals surface area contributed by atoms with Gasteiger partial charge in [-0.1, -0.05) is 18.2 Å². The number of hydrogen-bond donors (Lipinski definition) is 1. The van der Waals surface area contributed by atoms with Crippen molar-refractivity contribution in [1.29, 1.82) is 0 Å². The third-order valence-corrected chi connectivity index (χ3v) is 4.66. The Balaban J connectivity index is 1.64. The fraction of sp³-hybridized carbons (Fsp3) is 0.158. The lowest BCUT2D eigenvalue weighted by molar-refractivity contribution is 0.414. The Morgan fingerprint density at radius 1 is 1.15 bits per heavy atom. The first-order chi connectivity index (χ1) is 13.2. The van der Waals surface area contributed by atoms with Crippen LogP contribution in [-0.2, 0) is 13.0 Å². The molecule has 8 heteroatoms. The normalized spacial score (nSPS) is 11.0. The van der Waals surface area contributed by atoms with Crippen LogP contribution in [0.25, 0.3) is 16.5 Å². The number of H-pyrrole nitrogens is 1. The van der Waals surface area contributed by atoms with Crippen molar-refractivity contribution >= 4 is 23.0 Å². The van der Waals surface area contributed by atoms with Crippen molar-refractivity contribution in [3.63, 3.8) is 0 Å². The van der Waals surface area contributed by atoms with Crippen molar-refractivity contribution in [3.8, 4) is 11.4 Å². The van der Waals surface area contributed by atoms with Crippen molar-refractivity contribution in [2.45, 2.75) is 13.0 Å². The maximum absolute atomic E-state index is 12.6. The van der Waals surface area contributed by atoms with E-state index in [1.807, 2.05) is 53.1 Å². The monoisotopic (exact) mass is 379 g/mol. The quantitative estimate of drug-likeness (QED) is 0.540. The number of fused-ring (bicyclic) bond motifs is 1. The molecule has 0 atom stereocenters. The lowest BCUT2D eigenvalue weighted by Gasteiger charge is -2.09. The Morgan fingerprint density at radius 2 is 1.93 bits per heavy atom. The van der Waals surface area contributed by atoms with Gasteiger partial charge in [-0.15, -0.1) is 0 Å². The number of ether oxygens (including phenoxy) is 1. The van der Waals surface area contributed by atoms with E-state index in [2.05, 4.69) is 15.3 Å². The van der Waals surface area contributed by atoms with Gasteiger partial charge in [0.1, 0.15) is 11.6 Å². The van der Waals surface area contributed by atoms with Gasteiger partial charge in [0.05, 0.1) is 25.2 Å². The molecule has 27 heavy (non-hydrogen) atoms. The van der Waals surface area contributed by atoms with Crippen LogP contribution in [0.1, 0.15) is 5.82 Å². The summed E-state index contributed by atoms with van der Waals surface area (Å²) in [6.07, 6.45) is 2.21. The lowest BCUT2D eigenvalue weighted by atomic mass is 10.2. The van der Waals surface area contributed by atoms with E-state index in [-0.39, 0.29) is 5.56 Å². The van der Waals surface area contributed by atoms with Crippen LogP contribution in [0, 0.1) is 4.77 Å². The number of nitrogens with zero attached hydrogens (tertiary/aromatic N) is 4. The van der Waals surface area contributed by atoms with Crippen molar-refractivity contribution in [2.24, 2.45) is 0 Å². The molecule has 0 unspecified atom stereocenters. The summed E-state index contributed by atoms with van der Waals surface area (Å²) in [6, 6.07) is 15.0. The van der Waals surface area contributed by atoms with Crippen LogP contribution in [0.15, 0.2) is 59.5 Å². The lowest BCUT2D eigenvalue weighted by Crippen LogP contribution is -2.24. The second-order valence-electron chi connectivity index (χ2n) is 5.99. The molecule has 7 nitrogen and oxygen atoms in total. The Kier molecular flexibility index (Phi) is 4.55. The summed E-state index contributed by atoms with van der Waals surface area (Å²) in [5.41, 5.74) is 0.765. The maximum atomic E-state index is 12.6. The maximum Gasteiger partial charge on any atom is 0.274 e. The smallest absolute Gasteiger partial charge is 0.274 e. The van der Waals surface area contributed by atoms with Crippen LogP contribution in [0.3, 0.4) is 0 Å². The summed E-state index contributed by atoms with van der Waals surface area (Å²) in [4.78, 5) is 12.6. The van der Waals surface area contributed by atoms with E-state index < -0.39 is 0 Å². The fourth-order valence-corrected chi connectivity index (χ4v) is 3.24. The second-order valence-corrected chi connectivity index (χ2v) is 6.38. The summed E-state index contributed by atoms with van der Waals surface area (Å²) in [6.45, 7) is 0.402. The van der Waals surface area contributed by atoms with Gasteiger partial charge in [-0.25, -0.2) is 4.68 Å². The van der Waals surface area contributed by atoms with Gasteiger partial charge in [-0.3, -0.25) is 14.5 Å². The molecular weight excluding hydrogens is 362 g/mol. The van der Waals surface area contributed by atoms with Crippen molar-refractivity contribution in [1.82, 2.24) is 24.5 Å². The van der Waals surface area contributed by atoms with Crippen LogP contribution in [-0.4, -0.2) is 31.7 Å². The Morgan fingerprint density at radius 3 is 2.70 bits per heavy atom. The number of rotatable bonds is 5. The van der Waals surface area contributed by atoms with E-state index in [1.165, 1.54) is 4.68 Å². The molecule has 1 N–H and O–H groups in total. The van der Waals surface area contributed by atoms with E-state index in [0.29, 0.717) is 23.1 Å². The molecule has 0 spiro atoms. The minimum absolute atomic E-state index is 0.113. The van der Waals surface area contributed by atoms with Gasteiger partial charge >= 0.3 is 0 Å². The zero-order chi connectivity index (χ0) is 18.8. The molecule has 0 saturated carbocycles. The Bertz CT molecular complexity index is 1210. The van der Waals surface area contributed by atoms with Gasteiger partial charge in [0, 0.05) is 17.5 Å². The van der Waals surface area contributed by atoms with E-state index in [1.54, 1.807) is 13.3 Å². The number of hydrogen-bond acceptors (Lipinski definition) is 5. The van der Waals surface area contributed by atoms with E-state index in [0.717, 1.165) is 22.6 Å². The van der Waals surface area contributed by atoms with E-state index in [9.17, 15) is 4.79 Å². The molecule has 4 aromatic rings.